The molecule has 2 heterocycles. The molecule has 4 rings (SSSR count). The molecule has 0 radical (unpaired) electrons. The van der Waals surface area contributed by atoms with E-state index in [1.54, 1.807) is 16.2 Å². The summed E-state index contributed by atoms with van der Waals surface area (Å²) in [6.45, 7) is 0.971. The zero-order valence-electron chi connectivity index (χ0n) is 15.2. The number of likely N-dealkylation sites (tertiary alicyclic amines) is 1. The number of benzene rings is 2. The Morgan fingerprint density at radius 1 is 1.18 bits per heavy atom. The lowest BCUT2D eigenvalue weighted by atomic mass is 9.99. The molecule has 1 aliphatic heterocycles. The largest absolute Gasteiger partial charge is 0.508 e. The second-order valence-corrected chi connectivity index (χ2v) is 7.88. The zero-order valence-corrected chi connectivity index (χ0v) is 16.0. The SMILES string of the molecule is O=C(OCC(=O)N1CCC[C@H](c2nc3ccccc3s2)C1)c1ccc(O)cc1. The van der Waals surface area contributed by atoms with E-state index < -0.39 is 5.97 Å². The van der Waals surface area contributed by atoms with Crippen LogP contribution in [-0.2, 0) is 9.53 Å². The number of nitrogens with zero attached hydrogens (tertiary/aromatic N) is 2. The van der Waals surface area contributed by atoms with E-state index in [1.807, 2.05) is 18.2 Å². The second-order valence-electron chi connectivity index (χ2n) is 6.82. The number of hydrogen-bond acceptors (Lipinski definition) is 6. The molecule has 0 unspecified atom stereocenters. The number of esters is 1. The topological polar surface area (TPSA) is 79.7 Å². The molecule has 28 heavy (non-hydrogen) atoms. The van der Waals surface area contributed by atoms with E-state index in [0.29, 0.717) is 18.7 Å². The molecule has 0 saturated carbocycles. The number of fused-ring (bicyclic) bond motifs is 1. The van der Waals surface area contributed by atoms with E-state index in [9.17, 15) is 14.7 Å². The minimum Gasteiger partial charge on any atom is -0.508 e. The van der Waals surface area contributed by atoms with Crippen molar-refractivity contribution in [1.29, 1.82) is 0 Å². The number of carbonyl (C=O) groups excluding carboxylic acids is 2. The van der Waals surface area contributed by atoms with Crippen molar-refractivity contribution in [3.05, 3.63) is 59.1 Å². The molecule has 1 saturated heterocycles. The zero-order chi connectivity index (χ0) is 19.5. The fourth-order valence-electron chi connectivity index (χ4n) is 3.37. The highest BCUT2D eigenvalue weighted by atomic mass is 32.1. The number of hydrogen-bond donors (Lipinski definition) is 1. The van der Waals surface area contributed by atoms with Crippen LogP contribution in [-0.4, -0.2) is 46.6 Å². The van der Waals surface area contributed by atoms with Crippen LogP contribution in [0.4, 0.5) is 0 Å². The highest BCUT2D eigenvalue weighted by molar-refractivity contribution is 7.18. The molecule has 0 aliphatic carbocycles. The van der Waals surface area contributed by atoms with Crippen molar-refractivity contribution in [2.24, 2.45) is 0 Å². The third-order valence-electron chi connectivity index (χ3n) is 4.86. The fourth-order valence-corrected chi connectivity index (χ4v) is 4.46. The maximum absolute atomic E-state index is 12.5. The van der Waals surface area contributed by atoms with Gasteiger partial charge in [-0.15, -0.1) is 11.3 Å². The van der Waals surface area contributed by atoms with E-state index in [1.165, 1.54) is 24.3 Å². The van der Waals surface area contributed by atoms with Gasteiger partial charge in [0.25, 0.3) is 5.91 Å². The Bertz CT molecular complexity index is 966. The molecule has 2 aromatic carbocycles. The van der Waals surface area contributed by atoms with Gasteiger partial charge >= 0.3 is 5.97 Å². The molecule has 1 atom stereocenters. The lowest BCUT2D eigenvalue weighted by molar-refractivity contribution is -0.135. The summed E-state index contributed by atoms with van der Waals surface area (Å²) >= 11 is 1.68. The minimum atomic E-state index is -0.576. The predicted molar refractivity (Wildman–Crippen MR) is 107 cm³/mol. The minimum absolute atomic E-state index is 0.0711. The first-order valence-corrected chi connectivity index (χ1v) is 10.0. The maximum atomic E-state index is 12.5. The highest BCUT2D eigenvalue weighted by Crippen LogP contribution is 2.32. The first-order chi connectivity index (χ1) is 13.6. The number of carbonyl (C=O) groups is 2. The summed E-state index contributed by atoms with van der Waals surface area (Å²) in [5, 5.41) is 10.3. The van der Waals surface area contributed by atoms with Gasteiger partial charge in [0.2, 0.25) is 0 Å². The standard InChI is InChI=1S/C21H20N2O4S/c24-16-9-7-14(8-10-16)21(26)27-13-19(25)23-11-3-4-15(12-23)20-22-17-5-1-2-6-18(17)28-20/h1-2,5-10,15,24H,3-4,11-13H2/t15-/m0/s1. The molecule has 7 heteroatoms. The van der Waals surface area contributed by atoms with Gasteiger partial charge in [-0.3, -0.25) is 4.79 Å². The first-order valence-electron chi connectivity index (χ1n) is 9.19. The second kappa shape index (κ2) is 7.98. The number of amides is 1. The van der Waals surface area contributed by atoms with Crippen LogP contribution < -0.4 is 0 Å². The maximum Gasteiger partial charge on any atom is 0.338 e. The third kappa shape index (κ3) is 3.99. The Kier molecular flexibility index (Phi) is 5.25. The van der Waals surface area contributed by atoms with Gasteiger partial charge in [0.15, 0.2) is 6.61 Å². The molecule has 1 aromatic heterocycles. The Balaban J connectivity index is 1.36. The van der Waals surface area contributed by atoms with Crippen molar-refractivity contribution in [2.75, 3.05) is 19.7 Å². The number of ether oxygens (including phenoxy) is 1. The van der Waals surface area contributed by atoms with Crippen molar-refractivity contribution in [2.45, 2.75) is 18.8 Å². The lowest BCUT2D eigenvalue weighted by Crippen LogP contribution is -2.41. The van der Waals surface area contributed by atoms with Gasteiger partial charge in [-0.2, -0.15) is 0 Å². The molecule has 6 nitrogen and oxygen atoms in total. The number of phenols is 1. The van der Waals surface area contributed by atoms with E-state index in [0.717, 1.165) is 28.1 Å². The summed E-state index contributed by atoms with van der Waals surface area (Å²) in [5.41, 5.74) is 1.30. The molecule has 1 fully saturated rings. The van der Waals surface area contributed by atoms with Crippen LogP contribution in [0.3, 0.4) is 0 Å². The number of aromatic nitrogens is 1. The van der Waals surface area contributed by atoms with Crippen molar-refractivity contribution in [3.63, 3.8) is 0 Å². The van der Waals surface area contributed by atoms with Crippen LogP contribution in [0.15, 0.2) is 48.5 Å². The molecule has 0 bridgehead atoms. The summed E-state index contributed by atoms with van der Waals surface area (Å²) < 4.78 is 6.30. The van der Waals surface area contributed by atoms with Gasteiger partial charge < -0.3 is 14.7 Å². The smallest absolute Gasteiger partial charge is 0.338 e. The van der Waals surface area contributed by atoms with Crippen molar-refractivity contribution in [1.82, 2.24) is 9.88 Å². The molecular weight excluding hydrogens is 376 g/mol. The van der Waals surface area contributed by atoms with E-state index >= 15 is 0 Å². The van der Waals surface area contributed by atoms with Gasteiger partial charge in [-0.05, 0) is 49.2 Å². The molecule has 1 N–H and O–H groups in total. The van der Waals surface area contributed by atoms with Crippen molar-refractivity contribution >= 4 is 33.4 Å². The summed E-state index contributed by atoms with van der Waals surface area (Å²) in [4.78, 5) is 31.1. The van der Waals surface area contributed by atoms with E-state index in [-0.39, 0.29) is 24.2 Å². The molecular formula is C21H20N2O4S. The number of para-hydroxylation sites is 1. The first kappa shape index (κ1) is 18.4. The normalized spacial score (nSPS) is 16.9. The Morgan fingerprint density at radius 3 is 2.75 bits per heavy atom. The van der Waals surface area contributed by atoms with Crippen molar-refractivity contribution < 1.29 is 19.4 Å². The number of piperidine rings is 1. The highest BCUT2D eigenvalue weighted by Gasteiger charge is 2.27. The Labute approximate surface area is 166 Å². The Hall–Kier alpha value is -2.93. The van der Waals surface area contributed by atoms with E-state index in [4.69, 9.17) is 9.72 Å². The number of phenolic OH excluding ortho intramolecular Hbond substituents is 1. The summed E-state index contributed by atoms with van der Waals surface area (Å²) in [6.07, 6.45) is 1.90. The van der Waals surface area contributed by atoms with Gasteiger partial charge in [-0.1, -0.05) is 12.1 Å². The average molecular weight is 396 g/mol. The van der Waals surface area contributed by atoms with Gasteiger partial charge in [0.1, 0.15) is 5.75 Å². The molecule has 3 aromatic rings. The Morgan fingerprint density at radius 2 is 1.96 bits per heavy atom. The summed E-state index contributed by atoms with van der Waals surface area (Å²) in [7, 11) is 0. The summed E-state index contributed by atoms with van der Waals surface area (Å²) in [5.74, 6) is -0.490. The fraction of sp³-hybridized carbons (Fsp3) is 0.286. The van der Waals surface area contributed by atoms with Gasteiger partial charge in [-0.25, -0.2) is 9.78 Å². The molecule has 0 spiro atoms. The third-order valence-corrected chi connectivity index (χ3v) is 6.06. The van der Waals surface area contributed by atoms with Crippen LogP contribution in [0.2, 0.25) is 0 Å². The molecule has 1 amide bonds. The number of thiazole rings is 1. The molecule has 1 aliphatic rings. The summed E-state index contributed by atoms with van der Waals surface area (Å²) in [6, 6.07) is 13.8. The van der Waals surface area contributed by atoms with Gasteiger partial charge in [0, 0.05) is 19.0 Å². The predicted octanol–water partition coefficient (Wildman–Crippen LogP) is 3.56. The van der Waals surface area contributed by atoms with Crippen LogP contribution >= 0.6 is 11.3 Å². The van der Waals surface area contributed by atoms with Gasteiger partial charge in [0.05, 0.1) is 20.8 Å². The van der Waals surface area contributed by atoms with Crippen LogP contribution in [0, 0.1) is 0 Å². The number of rotatable bonds is 4. The van der Waals surface area contributed by atoms with Crippen molar-refractivity contribution in [3.8, 4) is 5.75 Å². The number of aromatic hydroxyl groups is 1. The van der Waals surface area contributed by atoms with Crippen LogP contribution in [0.5, 0.6) is 5.75 Å². The lowest BCUT2D eigenvalue weighted by Gasteiger charge is -2.31. The van der Waals surface area contributed by atoms with Crippen LogP contribution in [0.1, 0.15) is 34.1 Å². The monoisotopic (exact) mass is 396 g/mol. The average Bonchev–Trinajstić information content (AvgIpc) is 3.17. The van der Waals surface area contributed by atoms with E-state index in [2.05, 4.69) is 6.07 Å². The molecule has 144 valence electrons. The quantitative estimate of drug-likeness (QED) is 0.682. The van der Waals surface area contributed by atoms with Crippen LogP contribution in [0.25, 0.3) is 10.2 Å².